The number of hydrogen-bond donors (Lipinski definition) is 0. The Morgan fingerprint density at radius 1 is 0.900 bits per heavy atom. The van der Waals surface area contributed by atoms with Gasteiger partial charge in [0.15, 0.2) is 0 Å². The van der Waals surface area contributed by atoms with Gasteiger partial charge in [-0.3, -0.25) is 14.0 Å². The fraction of sp³-hybridized carbons (Fsp3) is 0.381. The second-order valence-corrected chi connectivity index (χ2v) is 9.52. The number of imidazole rings is 1. The largest absolute Gasteiger partial charge is 0.497 e. The molecule has 0 bridgehead atoms. The lowest BCUT2D eigenvalue weighted by atomic mass is 10.2. The van der Waals surface area contributed by atoms with Gasteiger partial charge in [-0.25, -0.2) is 13.2 Å². The number of piperazine rings is 1. The quantitative estimate of drug-likeness (QED) is 0.612. The maximum Gasteiger partial charge on any atom is 0.328 e. The number of nitrogens with zero attached hydrogens (tertiary/aromatic N) is 4. The van der Waals surface area contributed by atoms with Crippen molar-refractivity contribution in [1.29, 1.82) is 0 Å². The lowest BCUT2D eigenvalue weighted by molar-refractivity contribution is 0.181. The van der Waals surface area contributed by atoms with Gasteiger partial charge >= 0.3 is 5.69 Å². The summed E-state index contributed by atoms with van der Waals surface area (Å²) >= 11 is 0. The Bertz CT molecular complexity index is 1220. The summed E-state index contributed by atoms with van der Waals surface area (Å²) in [5, 5.41) is 0. The normalized spacial score (nSPS) is 16.2. The molecule has 0 radical (unpaired) electrons. The number of aryl methyl sites for hydroxylation is 2. The third-order valence-corrected chi connectivity index (χ3v) is 7.67. The average Bonchev–Trinajstić information content (AvgIpc) is 2.98. The van der Waals surface area contributed by atoms with Crippen molar-refractivity contribution in [2.45, 2.75) is 11.4 Å². The molecular weight excluding hydrogens is 404 g/mol. The second kappa shape index (κ2) is 7.90. The average molecular weight is 431 g/mol. The van der Waals surface area contributed by atoms with Gasteiger partial charge in [0.05, 0.1) is 23.0 Å². The van der Waals surface area contributed by atoms with Crippen molar-refractivity contribution in [1.82, 2.24) is 18.3 Å². The first-order valence-electron chi connectivity index (χ1n) is 9.82. The number of benzene rings is 2. The van der Waals surface area contributed by atoms with Crippen LogP contribution in [0.1, 0.15) is 5.56 Å². The molecule has 0 amide bonds. The van der Waals surface area contributed by atoms with Gasteiger partial charge in [-0.15, -0.1) is 0 Å². The number of methoxy groups -OCH3 is 1. The molecule has 0 saturated carbocycles. The first-order valence-corrected chi connectivity index (χ1v) is 11.3. The molecule has 30 heavy (non-hydrogen) atoms. The highest BCUT2D eigenvalue weighted by atomic mass is 32.2. The fourth-order valence-corrected chi connectivity index (χ4v) is 5.36. The molecule has 2 heterocycles. The van der Waals surface area contributed by atoms with E-state index < -0.39 is 10.0 Å². The summed E-state index contributed by atoms with van der Waals surface area (Å²) in [5.41, 5.74) is 2.32. The van der Waals surface area contributed by atoms with Crippen molar-refractivity contribution in [3.8, 4) is 5.75 Å². The van der Waals surface area contributed by atoms with Crippen molar-refractivity contribution < 1.29 is 13.2 Å². The second-order valence-electron chi connectivity index (χ2n) is 7.58. The minimum absolute atomic E-state index is 0.174. The molecule has 0 atom stereocenters. The van der Waals surface area contributed by atoms with E-state index in [1.165, 1.54) is 19.0 Å². The summed E-state index contributed by atoms with van der Waals surface area (Å²) in [7, 11) is 1.36. The molecule has 1 saturated heterocycles. The van der Waals surface area contributed by atoms with Crippen LogP contribution in [0.2, 0.25) is 0 Å². The minimum atomic E-state index is -3.61. The maximum absolute atomic E-state index is 13.2. The van der Waals surface area contributed by atoms with E-state index in [0.29, 0.717) is 37.2 Å². The van der Waals surface area contributed by atoms with E-state index in [1.807, 2.05) is 24.3 Å². The molecule has 1 aromatic heterocycles. The predicted octanol–water partition coefficient (Wildman–Crippen LogP) is 1.39. The van der Waals surface area contributed by atoms with Crippen molar-refractivity contribution in [2.75, 3.05) is 33.3 Å². The number of rotatable bonds is 5. The Morgan fingerprint density at radius 3 is 2.17 bits per heavy atom. The van der Waals surface area contributed by atoms with Gasteiger partial charge in [-0.05, 0) is 35.9 Å². The molecule has 1 aliphatic rings. The summed E-state index contributed by atoms with van der Waals surface area (Å²) < 4.78 is 36.0. The highest BCUT2D eigenvalue weighted by Crippen LogP contribution is 2.23. The van der Waals surface area contributed by atoms with E-state index in [1.54, 1.807) is 39.4 Å². The lowest BCUT2D eigenvalue weighted by Crippen LogP contribution is -2.48. The fourth-order valence-electron chi connectivity index (χ4n) is 3.91. The maximum atomic E-state index is 13.2. The summed E-state index contributed by atoms with van der Waals surface area (Å²) in [6.07, 6.45) is 0. The molecule has 1 aliphatic heterocycles. The van der Waals surface area contributed by atoms with Crippen LogP contribution in [0, 0.1) is 0 Å². The zero-order valence-electron chi connectivity index (χ0n) is 17.4. The van der Waals surface area contributed by atoms with Crippen molar-refractivity contribution in [2.24, 2.45) is 14.1 Å². The predicted molar refractivity (Wildman–Crippen MR) is 115 cm³/mol. The van der Waals surface area contributed by atoms with E-state index in [0.717, 1.165) is 12.3 Å². The van der Waals surface area contributed by atoms with Crippen LogP contribution < -0.4 is 10.4 Å². The van der Waals surface area contributed by atoms with Crippen LogP contribution in [0.15, 0.2) is 52.2 Å². The van der Waals surface area contributed by atoms with Crippen LogP contribution in [0.25, 0.3) is 11.0 Å². The molecule has 0 spiro atoms. The summed E-state index contributed by atoms with van der Waals surface area (Å²) in [4.78, 5) is 14.6. The Kier molecular flexibility index (Phi) is 5.44. The Morgan fingerprint density at radius 2 is 1.53 bits per heavy atom. The summed E-state index contributed by atoms with van der Waals surface area (Å²) in [6.45, 7) is 2.97. The third kappa shape index (κ3) is 3.64. The highest BCUT2D eigenvalue weighted by Gasteiger charge is 2.29. The standard InChI is InChI=1S/C21H26N4O4S/c1-22-19-9-8-18(14-20(19)23(2)21(22)26)30(27,28)25-12-10-24(11-13-25)15-16-4-6-17(29-3)7-5-16/h4-9,14H,10-13,15H2,1-3H3. The zero-order valence-corrected chi connectivity index (χ0v) is 18.2. The van der Waals surface area contributed by atoms with Gasteiger partial charge in [-0.2, -0.15) is 4.31 Å². The van der Waals surface area contributed by atoms with Crippen LogP contribution in [0.3, 0.4) is 0 Å². The van der Waals surface area contributed by atoms with Crippen LogP contribution >= 0.6 is 0 Å². The first kappa shape index (κ1) is 20.6. The molecule has 3 aromatic rings. The molecule has 0 unspecified atom stereocenters. The molecule has 1 fully saturated rings. The van der Waals surface area contributed by atoms with E-state index in [-0.39, 0.29) is 10.6 Å². The third-order valence-electron chi connectivity index (χ3n) is 5.78. The molecule has 4 rings (SSSR count). The zero-order chi connectivity index (χ0) is 21.5. The van der Waals surface area contributed by atoms with Gasteiger partial charge in [0, 0.05) is 46.8 Å². The number of hydrogen-bond acceptors (Lipinski definition) is 5. The van der Waals surface area contributed by atoms with Gasteiger partial charge in [-0.1, -0.05) is 12.1 Å². The molecule has 0 aliphatic carbocycles. The summed E-state index contributed by atoms with van der Waals surface area (Å²) in [6, 6.07) is 12.8. The van der Waals surface area contributed by atoms with Gasteiger partial charge in [0.25, 0.3) is 0 Å². The minimum Gasteiger partial charge on any atom is -0.497 e. The van der Waals surface area contributed by atoms with E-state index in [9.17, 15) is 13.2 Å². The van der Waals surface area contributed by atoms with Crippen molar-refractivity contribution in [3.05, 3.63) is 58.5 Å². The van der Waals surface area contributed by atoms with Crippen LogP contribution in [0.5, 0.6) is 5.75 Å². The number of fused-ring (bicyclic) bond motifs is 1. The Balaban J connectivity index is 1.47. The lowest BCUT2D eigenvalue weighted by Gasteiger charge is -2.34. The molecule has 0 N–H and O–H groups in total. The molecule has 9 heteroatoms. The summed E-state index contributed by atoms with van der Waals surface area (Å²) in [5.74, 6) is 0.822. The first-order chi connectivity index (χ1) is 14.3. The Hall–Kier alpha value is -2.62. The van der Waals surface area contributed by atoms with Crippen LogP contribution in [0.4, 0.5) is 0 Å². The topological polar surface area (TPSA) is 76.8 Å². The van der Waals surface area contributed by atoms with E-state index in [2.05, 4.69) is 4.90 Å². The van der Waals surface area contributed by atoms with E-state index >= 15 is 0 Å². The SMILES string of the molecule is COc1ccc(CN2CCN(S(=O)(=O)c3ccc4c(c3)n(C)c(=O)n4C)CC2)cc1. The van der Waals surface area contributed by atoms with Crippen molar-refractivity contribution >= 4 is 21.1 Å². The number of ether oxygens (including phenoxy) is 1. The number of sulfonamides is 1. The molecule has 160 valence electrons. The highest BCUT2D eigenvalue weighted by molar-refractivity contribution is 7.89. The number of aromatic nitrogens is 2. The van der Waals surface area contributed by atoms with Crippen molar-refractivity contribution in [3.63, 3.8) is 0 Å². The monoisotopic (exact) mass is 430 g/mol. The Labute approximate surface area is 175 Å². The van der Waals surface area contributed by atoms with Gasteiger partial charge in [0.1, 0.15) is 5.75 Å². The van der Waals surface area contributed by atoms with Gasteiger partial charge in [0.2, 0.25) is 10.0 Å². The smallest absolute Gasteiger partial charge is 0.328 e. The molecule has 2 aromatic carbocycles. The van der Waals surface area contributed by atoms with E-state index in [4.69, 9.17) is 4.74 Å². The van der Waals surface area contributed by atoms with Gasteiger partial charge < -0.3 is 4.74 Å². The molecular formula is C21H26N4O4S. The molecule has 8 nitrogen and oxygen atoms in total. The van der Waals surface area contributed by atoms with Crippen LogP contribution in [-0.2, 0) is 30.7 Å². The van der Waals surface area contributed by atoms with Crippen LogP contribution in [-0.4, -0.2) is 60.0 Å².